The van der Waals surface area contributed by atoms with Crippen molar-refractivity contribution >= 4 is 27.7 Å². The van der Waals surface area contributed by atoms with E-state index in [9.17, 15) is 9.59 Å². The first-order chi connectivity index (χ1) is 17.3. The zero-order valence-corrected chi connectivity index (χ0v) is 22.0. The zero-order chi connectivity index (χ0) is 25.8. The number of benzene rings is 2. The van der Waals surface area contributed by atoms with Crippen LogP contribution in [0.4, 0.5) is 0 Å². The number of nitrogens with zero attached hydrogens (tertiary/aromatic N) is 5. The number of aromatic nitrogens is 4. The fourth-order valence-electron chi connectivity index (χ4n) is 4.43. The van der Waals surface area contributed by atoms with E-state index in [-0.39, 0.29) is 17.4 Å². The van der Waals surface area contributed by atoms with Gasteiger partial charge in [-0.3, -0.25) is 14.2 Å². The maximum Gasteiger partial charge on any atom is 0.257 e. The van der Waals surface area contributed by atoms with Gasteiger partial charge in [-0.15, -0.1) is 5.10 Å². The average Bonchev–Trinajstić information content (AvgIpc) is 3.35. The molecule has 0 spiro atoms. The van der Waals surface area contributed by atoms with Gasteiger partial charge in [0.1, 0.15) is 11.3 Å². The number of aryl methyl sites for hydroxylation is 1. The van der Waals surface area contributed by atoms with E-state index in [1.807, 2.05) is 54.3 Å². The van der Waals surface area contributed by atoms with Gasteiger partial charge in [-0.05, 0) is 68.0 Å². The summed E-state index contributed by atoms with van der Waals surface area (Å²) < 4.78 is 6.63. The van der Waals surface area contributed by atoms with Gasteiger partial charge in [-0.25, -0.2) is 4.98 Å². The lowest BCUT2D eigenvalue weighted by Gasteiger charge is -2.35. The van der Waals surface area contributed by atoms with Crippen LogP contribution in [0.25, 0.3) is 10.2 Å². The smallest absolute Gasteiger partial charge is 0.257 e. The topological polar surface area (TPSA) is 107 Å². The van der Waals surface area contributed by atoms with Crippen LogP contribution in [-0.2, 0) is 6.54 Å². The van der Waals surface area contributed by atoms with Gasteiger partial charge in [-0.1, -0.05) is 48.7 Å². The van der Waals surface area contributed by atoms with E-state index >= 15 is 0 Å². The Morgan fingerprint density at radius 2 is 1.89 bits per heavy atom. The van der Waals surface area contributed by atoms with E-state index in [4.69, 9.17) is 10.7 Å². The van der Waals surface area contributed by atoms with Crippen LogP contribution in [0, 0.1) is 19.8 Å². The van der Waals surface area contributed by atoms with Gasteiger partial charge in [-0.2, -0.15) is 0 Å². The van der Waals surface area contributed by atoms with E-state index in [2.05, 4.69) is 23.4 Å². The molecule has 9 heteroatoms. The Bertz CT molecular complexity index is 1410. The molecule has 0 aliphatic heterocycles. The Morgan fingerprint density at radius 3 is 2.58 bits per heavy atom. The van der Waals surface area contributed by atoms with Crippen LogP contribution >= 0.6 is 11.5 Å². The molecular formula is C27H32N6O2S. The third-order valence-electron chi connectivity index (χ3n) is 6.44. The van der Waals surface area contributed by atoms with Crippen LogP contribution in [0.1, 0.15) is 59.3 Å². The summed E-state index contributed by atoms with van der Waals surface area (Å²) in [4.78, 5) is 34.2. The molecule has 0 aliphatic carbocycles. The molecular weight excluding hydrogens is 472 g/mol. The highest BCUT2D eigenvalue weighted by Crippen LogP contribution is 2.30. The molecule has 1 atom stereocenters. The Kier molecular flexibility index (Phi) is 7.91. The number of hydrogen-bond donors (Lipinski definition) is 1. The summed E-state index contributed by atoms with van der Waals surface area (Å²) in [7, 11) is 0. The second-order valence-electron chi connectivity index (χ2n) is 9.34. The minimum absolute atomic E-state index is 0.00701. The van der Waals surface area contributed by atoms with Crippen LogP contribution in [0.5, 0.6) is 0 Å². The lowest BCUT2D eigenvalue weighted by atomic mass is 9.98. The summed E-state index contributed by atoms with van der Waals surface area (Å²) in [5.74, 6) is 0.437. The molecule has 1 amide bonds. The van der Waals surface area contributed by atoms with Crippen molar-refractivity contribution in [2.75, 3.05) is 13.1 Å². The summed E-state index contributed by atoms with van der Waals surface area (Å²) in [6, 6.07) is 14.9. The van der Waals surface area contributed by atoms with Gasteiger partial charge >= 0.3 is 0 Å². The number of nitrogens with two attached hydrogens (primary N) is 1. The van der Waals surface area contributed by atoms with Crippen LogP contribution in [-0.4, -0.2) is 43.0 Å². The van der Waals surface area contributed by atoms with Crippen molar-refractivity contribution in [3.8, 4) is 0 Å². The highest BCUT2D eigenvalue weighted by atomic mass is 32.1. The Balaban J connectivity index is 1.85. The molecule has 2 N–H and O–H groups in total. The van der Waals surface area contributed by atoms with Gasteiger partial charge in [0.25, 0.3) is 11.5 Å². The van der Waals surface area contributed by atoms with Crippen LogP contribution < -0.4 is 11.3 Å². The largest absolute Gasteiger partial charge is 0.330 e. The molecule has 36 heavy (non-hydrogen) atoms. The molecule has 0 fully saturated rings. The van der Waals surface area contributed by atoms with Gasteiger partial charge in [0, 0.05) is 23.4 Å². The lowest BCUT2D eigenvalue weighted by Crippen LogP contribution is -2.43. The Labute approximate surface area is 215 Å². The summed E-state index contributed by atoms with van der Waals surface area (Å²) in [5.41, 5.74) is 9.27. The minimum Gasteiger partial charge on any atom is -0.330 e. The molecule has 0 bridgehead atoms. The zero-order valence-electron chi connectivity index (χ0n) is 21.1. The van der Waals surface area contributed by atoms with E-state index in [1.54, 1.807) is 17.6 Å². The number of fused-ring (bicyclic) bond motifs is 1. The molecule has 8 nitrogen and oxygen atoms in total. The number of hydrogen-bond acceptors (Lipinski definition) is 7. The van der Waals surface area contributed by atoms with E-state index < -0.39 is 6.04 Å². The molecule has 4 rings (SSSR count). The maximum atomic E-state index is 14.0. The van der Waals surface area contributed by atoms with Gasteiger partial charge in [0.2, 0.25) is 0 Å². The predicted octanol–water partition coefficient (Wildman–Crippen LogP) is 4.10. The fraction of sp³-hybridized carbons (Fsp3) is 0.370. The van der Waals surface area contributed by atoms with Crippen LogP contribution in [0.3, 0.4) is 0 Å². The SMILES string of the molecule is Cc1nc(C(C(C)C)N(CCCN)C(=O)c2ccc3snnc3c2)n(Cc2ccccc2)c(=O)c1C. The number of carbonyl (C=O) groups is 1. The van der Waals surface area contributed by atoms with Crippen LogP contribution in [0.15, 0.2) is 53.3 Å². The van der Waals surface area contributed by atoms with Gasteiger partial charge < -0.3 is 10.6 Å². The maximum absolute atomic E-state index is 14.0. The molecule has 2 aromatic carbocycles. The Morgan fingerprint density at radius 1 is 1.14 bits per heavy atom. The second-order valence-corrected chi connectivity index (χ2v) is 10.1. The third-order valence-corrected chi connectivity index (χ3v) is 7.15. The monoisotopic (exact) mass is 504 g/mol. The van der Waals surface area contributed by atoms with E-state index in [1.165, 1.54) is 11.5 Å². The number of carbonyl (C=O) groups excluding carboxylic acids is 1. The molecule has 188 valence electrons. The number of rotatable bonds is 9. The molecule has 0 aliphatic rings. The van der Waals surface area contributed by atoms with Crippen molar-refractivity contribution in [3.63, 3.8) is 0 Å². The quantitative estimate of drug-likeness (QED) is 0.368. The van der Waals surface area contributed by atoms with E-state index in [0.29, 0.717) is 54.2 Å². The summed E-state index contributed by atoms with van der Waals surface area (Å²) in [6.45, 7) is 9.01. The second kappa shape index (κ2) is 11.1. The molecule has 1 unspecified atom stereocenters. The summed E-state index contributed by atoms with van der Waals surface area (Å²) in [6.07, 6.45) is 0.628. The van der Waals surface area contributed by atoms with E-state index in [0.717, 1.165) is 10.3 Å². The normalized spacial score (nSPS) is 12.3. The molecule has 0 saturated heterocycles. The molecule has 0 radical (unpaired) electrons. The van der Waals surface area contributed by atoms with Crippen LogP contribution in [0.2, 0.25) is 0 Å². The number of amides is 1. The van der Waals surface area contributed by atoms with Gasteiger partial charge in [0.15, 0.2) is 0 Å². The minimum atomic E-state index is -0.427. The first-order valence-corrected chi connectivity index (χ1v) is 12.9. The van der Waals surface area contributed by atoms with Crippen molar-refractivity contribution in [2.45, 2.75) is 46.7 Å². The third kappa shape index (κ3) is 5.22. The lowest BCUT2D eigenvalue weighted by molar-refractivity contribution is 0.0602. The first kappa shape index (κ1) is 25.7. The van der Waals surface area contributed by atoms with Crippen molar-refractivity contribution in [2.24, 2.45) is 11.7 Å². The molecule has 4 aromatic rings. The molecule has 2 heterocycles. The predicted molar refractivity (Wildman–Crippen MR) is 143 cm³/mol. The van der Waals surface area contributed by atoms with Crippen molar-refractivity contribution in [3.05, 3.63) is 87.1 Å². The summed E-state index contributed by atoms with van der Waals surface area (Å²) in [5, 5.41) is 4.14. The highest BCUT2D eigenvalue weighted by Gasteiger charge is 2.33. The van der Waals surface area contributed by atoms with Gasteiger partial charge in [0.05, 0.1) is 17.3 Å². The van der Waals surface area contributed by atoms with Crippen molar-refractivity contribution in [1.29, 1.82) is 0 Å². The first-order valence-electron chi connectivity index (χ1n) is 12.2. The Hall–Kier alpha value is -3.43. The average molecular weight is 505 g/mol. The highest BCUT2D eigenvalue weighted by molar-refractivity contribution is 7.12. The molecule has 2 aromatic heterocycles. The van der Waals surface area contributed by atoms with Crippen molar-refractivity contribution in [1.82, 2.24) is 24.0 Å². The standard InChI is InChI=1S/C27H32N6O2S/c1-17(2)24(25-29-19(4)18(3)26(34)33(25)16-20-9-6-5-7-10-20)32(14-8-13-28)27(35)21-11-12-23-22(15-21)30-31-36-23/h5-7,9-12,15,17,24H,8,13-14,16,28H2,1-4H3. The summed E-state index contributed by atoms with van der Waals surface area (Å²) >= 11 is 1.29. The molecule has 0 saturated carbocycles. The fourth-order valence-corrected chi connectivity index (χ4v) is 4.97. The van der Waals surface area contributed by atoms with Crippen molar-refractivity contribution < 1.29 is 4.79 Å².